The molecule has 1 aromatic carbocycles. The second-order valence-electron chi connectivity index (χ2n) is 8.05. The first-order valence-electron chi connectivity index (χ1n) is 9.46. The van der Waals surface area contributed by atoms with E-state index in [4.69, 9.17) is 12.2 Å². The number of hydrogen-bond donors (Lipinski definition) is 6. The summed E-state index contributed by atoms with van der Waals surface area (Å²) in [4.78, 5) is 37.4. The monoisotopic (exact) mass is 425 g/mol. The predicted octanol–water partition coefficient (Wildman–Crippen LogP) is -0.0630. The van der Waals surface area contributed by atoms with Gasteiger partial charge in [0.2, 0.25) is 5.78 Å². The average molecular weight is 425 g/mol. The molecule has 9 nitrogen and oxygen atoms in total. The van der Waals surface area contributed by atoms with Gasteiger partial charge in [0.15, 0.2) is 11.4 Å². The fourth-order valence-corrected chi connectivity index (χ4v) is 5.20. The van der Waals surface area contributed by atoms with Crippen molar-refractivity contribution in [3.05, 3.63) is 45.7 Å². The molecule has 1 amide bonds. The van der Waals surface area contributed by atoms with Crippen LogP contribution in [-0.4, -0.2) is 54.7 Å². The first-order valence-corrected chi connectivity index (χ1v) is 9.46. The van der Waals surface area contributed by atoms with Crippen molar-refractivity contribution in [1.29, 1.82) is 0 Å². The lowest BCUT2D eigenvalue weighted by atomic mass is 9.55. The van der Waals surface area contributed by atoms with E-state index < -0.39 is 76.0 Å². The van der Waals surface area contributed by atoms with Gasteiger partial charge in [0, 0.05) is 29.4 Å². The Morgan fingerprint density at radius 1 is 1.26 bits per heavy atom. The highest BCUT2D eigenvalue weighted by Crippen LogP contribution is 2.56. The van der Waals surface area contributed by atoms with E-state index in [9.17, 15) is 39.9 Å². The van der Waals surface area contributed by atoms with Crippen molar-refractivity contribution in [3.63, 3.8) is 0 Å². The topological polar surface area (TPSA) is 178 Å². The number of phenolic OH excluding ortho intramolecular Hbond substituents is 1. The van der Waals surface area contributed by atoms with Crippen molar-refractivity contribution in [2.24, 2.45) is 17.6 Å². The Labute approximate surface area is 176 Å². The minimum atomic E-state index is -2.85. The Morgan fingerprint density at radius 3 is 2.48 bits per heavy atom. The zero-order chi connectivity index (χ0) is 23.0. The molecular weight excluding hydrogens is 406 g/mol. The van der Waals surface area contributed by atoms with E-state index in [0.29, 0.717) is 11.1 Å². The summed E-state index contributed by atoms with van der Waals surface area (Å²) in [5.41, 5.74) is 1.43. The van der Waals surface area contributed by atoms with Crippen LogP contribution in [0.25, 0.3) is 5.76 Å². The summed E-state index contributed by atoms with van der Waals surface area (Å²) in [5, 5.41) is 54.1. The zero-order valence-electron chi connectivity index (χ0n) is 16.3. The number of carbonyl (C=O) groups excluding carboxylic acids is 3. The van der Waals surface area contributed by atoms with Gasteiger partial charge in [-0.3, -0.25) is 14.4 Å². The van der Waals surface area contributed by atoms with Crippen LogP contribution < -0.4 is 5.73 Å². The van der Waals surface area contributed by atoms with Crippen LogP contribution in [0.2, 0.25) is 0 Å². The van der Waals surface area contributed by atoms with Gasteiger partial charge in [0.1, 0.15) is 22.8 Å². The third-order valence-corrected chi connectivity index (χ3v) is 6.63. The lowest BCUT2D eigenvalue weighted by molar-refractivity contribution is -0.160. The second-order valence-corrected chi connectivity index (χ2v) is 8.05. The number of rotatable bonds is 1. The van der Waals surface area contributed by atoms with Crippen LogP contribution in [0.1, 0.15) is 36.0 Å². The molecule has 4 rings (SSSR count). The van der Waals surface area contributed by atoms with E-state index in [1.54, 1.807) is 6.92 Å². The van der Waals surface area contributed by atoms with Gasteiger partial charge in [-0.25, -0.2) is 0 Å². The Bertz CT molecular complexity index is 1190. The van der Waals surface area contributed by atoms with Crippen LogP contribution in [0.5, 0.6) is 5.75 Å². The largest absolute Gasteiger partial charge is 0.508 e. The highest BCUT2D eigenvalue weighted by Gasteiger charge is 2.65. The molecule has 0 heterocycles. The number of aliphatic hydroxyl groups excluding tert-OH is 3. The maximum Gasteiger partial charge on any atom is 0.255 e. The van der Waals surface area contributed by atoms with Gasteiger partial charge in [0.25, 0.3) is 5.91 Å². The van der Waals surface area contributed by atoms with E-state index in [-0.39, 0.29) is 11.3 Å². The summed E-state index contributed by atoms with van der Waals surface area (Å²) in [6.45, 7) is 1.62. The van der Waals surface area contributed by atoms with Gasteiger partial charge >= 0.3 is 0 Å². The Balaban J connectivity index is 2.05. The van der Waals surface area contributed by atoms with Gasteiger partial charge in [-0.1, -0.05) is 12.8 Å². The van der Waals surface area contributed by atoms with Crippen molar-refractivity contribution in [3.8, 4) is 18.1 Å². The maximum absolute atomic E-state index is 13.4. The van der Waals surface area contributed by atoms with E-state index in [1.165, 1.54) is 12.1 Å². The molecule has 0 radical (unpaired) electrons. The molecule has 0 saturated heterocycles. The van der Waals surface area contributed by atoms with Gasteiger partial charge in [-0.2, -0.15) is 0 Å². The van der Waals surface area contributed by atoms with Crippen LogP contribution >= 0.6 is 0 Å². The van der Waals surface area contributed by atoms with Gasteiger partial charge in [-0.05, 0) is 23.6 Å². The number of benzene rings is 1. The van der Waals surface area contributed by atoms with E-state index in [2.05, 4.69) is 5.92 Å². The highest BCUT2D eigenvalue weighted by molar-refractivity contribution is 6.23. The number of ketones is 2. The van der Waals surface area contributed by atoms with E-state index >= 15 is 0 Å². The Hall–Kier alpha value is -3.61. The van der Waals surface area contributed by atoms with E-state index in [0.717, 1.165) is 0 Å². The number of hydrogen-bond acceptors (Lipinski definition) is 8. The van der Waals surface area contributed by atoms with Crippen LogP contribution in [0, 0.1) is 24.2 Å². The maximum atomic E-state index is 13.4. The normalized spacial score (nSPS) is 32.2. The first kappa shape index (κ1) is 20.7. The van der Waals surface area contributed by atoms with Gasteiger partial charge < -0.3 is 31.3 Å². The van der Waals surface area contributed by atoms with Crippen molar-refractivity contribution in [2.75, 3.05) is 0 Å². The molecule has 3 aliphatic carbocycles. The fourth-order valence-electron chi connectivity index (χ4n) is 5.20. The summed E-state index contributed by atoms with van der Waals surface area (Å²) >= 11 is 0. The standard InChI is InChI=1S/C22H19NO8/c1-3-8-4-5-10(24)14-12(8)7(2)13-16(18(14)27)20(29)22(31)9(17(13)26)6-11(25)15(19(22)28)21(23)30/h1,4-5,7,9,13,17,24,26-28,31H,6H2,2H3,(H2,23,30)/t7-,9+,13+,17+,22+/m0/s1. The minimum absolute atomic E-state index is 0.123. The number of Topliss-reactive ketones (excluding diaryl/α,β-unsaturated/α-hetero) is 2. The molecule has 0 unspecified atom stereocenters. The third-order valence-electron chi connectivity index (χ3n) is 6.63. The number of aromatic hydroxyl groups is 1. The summed E-state index contributed by atoms with van der Waals surface area (Å²) in [5.74, 6) is -6.67. The SMILES string of the molecule is C#Cc1ccc(O)c2c1[C@H](C)[C@@H]1C(=C2O)C(=O)[C@]2(O)C(O)=C(C(N)=O)C(=O)C[C@@H]2[C@H]1O. The molecule has 160 valence electrons. The molecular formula is C22H19NO8. The molecule has 0 aromatic heterocycles. The zero-order valence-corrected chi connectivity index (χ0v) is 16.3. The van der Waals surface area contributed by atoms with Crippen LogP contribution in [-0.2, 0) is 14.4 Å². The van der Waals surface area contributed by atoms with Crippen molar-refractivity contribution in [1.82, 2.24) is 0 Å². The molecule has 1 fully saturated rings. The van der Waals surface area contributed by atoms with Crippen molar-refractivity contribution in [2.45, 2.75) is 31.0 Å². The number of fused-ring (bicyclic) bond motifs is 3. The second kappa shape index (κ2) is 6.44. The van der Waals surface area contributed by atoms with E-state index in [1.807, 2.05) is 0 Å². The highest BCUT2D eigenvalue weighted by atomic mass is 16.4. The number of aliphatic hydroxyl groups is 4. The third kappa shape index (κ3) is 2.37. The number of amides is 1. The summed E-state index contributed by atoms with van der Waals surface area (Å²) in [6, 6.07) is 2.69. The molecule has 9 heteroatoms. The molecule has 1 saturated carbocycles. The Kier molecular flexibility index (Phi) is 4.29. The van der Waals surface area contributed by atoms with Gasteiger partial charge in [-0.15, -0.1) is 6.42 Å². The minimum Gasteiger partial charge on any atom is -0.508 e. The predicted molar refractivity (Wildman–Crippen MR) is 105 cm³/mol. The number of primary amides is 1. The van der Waals surface area contributed by atoms with Crippen LogP contribution in [0.15, 0.2) is 29.0 Å². The molecule has 5 atom stereocenters. The van der Waals surface area contributed by atoms with Crippen LogP contribution in [0.3, 0.4) is 0 Å². The molecule has 0 spiro atoms. The Morgan fingerprint density at radius 2 is 1.90 bits per heavy atom. The summed E-state index contributed by atoms with van der Waals surface area (Å²) in [6.07, 6.45) is 3.33. The molecule has 0 bridgehead atoms. The van der Waals surface area contributed by atoms with Crippen LogP contribution in [0.4, 0.5) is 0 Å². The van der Waals surface area contributed by atoms with Gasteiger partial charge in [0.05, 0.1) is 11.7 Å². The summed E-state index contributed by atoms with van der Waals surface area (Å²) < 4.78 is 0. The number of carbonyl (C=O) groups is 3. The average Bonchev–Trinajstić information content (AvgIpc) is 2.70. The lowest BCUT2D eigenvalue weighted by Crippen LogP contribution is -2.64. The molecule has 31 heavy (non-hydrogen) atoms. The first-order chi connectivity index (χ1) is 14.5. The number of terminal acetylenes is 1. The molecule has 7 N–H and O–H groups in total. The van der Waals surface area contributed by atoms with Crippen molar-refractivity contribution >= 4 is 23.2 Å². The molecule has 1 aromatic rings. The number of phenols is 1. The quantitative estimate of drug-likeness (QED) is 0.267. The molecule has 0 aliphatic heterocycles. The lowest BCUT2D eigenvalue weighted by Gasteiger charge is -2.50. The number of nitrogens with two attached hydrogens (primary N) is 1. The smallest absolute Gasteiger partial charge is 0.255 e. The molecule has 3 aliphatic rings. The summed E-state index contributed by atoms with van der Waals surface area (Å²) in [7, 11) is 0. The van der Waals surface area contributed by atoms with Crippen molar-refractivity contribution < 1.29 is 39.9 Å². The fraction of sp³-hybridized carbons (Fsp3) is 0.318.